The maximum atomic E-state index is 12.0. The molecule has 0 unspecified atom stereocenters. The second-order valence-electron chi connectivity index (χ2n) is 5.06. The summed E-state index contributed by atoms with van der Waals surface area (Å²) in [5.74, 6) is 0. The van der Waals surface area contributed by atoms with E-state index in [9.17, 15) is 4.79 Å². The van der Waals surface area contributed by atoms with Gasteiger partial charge in [-0.2, -0.15) is 0 Å². The van der Waals surface area contributed by atoms with E-state index in [1.165, 1.54) is 29.5 Å². The lowest BCUT2D eigenvalue weighted by Crippen LogP contribution is -2.36. The fourth-order valence-corrected chi connectivity index (χ4v) is 3.05. The summed E-state index contributed by atoms with van der Waals surface area (Å²) in [5, 5.41) is 0. The van der Waals surface area contributed by atoms with Crippen molar-refractivity contribution >= 4 is 11.8 Å². The van der Waals surface area contributed by atoms with E-state index in [0.717, 1.165) is 31.5 Å². The highest BCUT2D eigenvalue weighted by Crippen LogP contribution is 2.34. The van der Waals surface area contributed by atoms with Crippen LogP contribution in [0.1, 0.15) is 36.5 Å². The number of hydrogen-bond donors (Lipinski definition) is 0. The van der Waals surface area contributed by atoms with Crippen LogP contribution >= 0.6 is 0 Å². The number of rotatable bonds is 1. The van der Waals surface area contributed by atoms with Gasteiger partial charge in [0.05, 0.1) is 12.3 Å². The van der Waals surface area contributed by atoms with E-state index >= 15 is 0 Å². The minimum atomic E-state index is -0.198. The molecule has 1 aliphatic heterocycles. The number of ether oxygens (including phenoxy) is 1. The second-order valence-corrected chi connectivity index (χ2v) is 5.06. The molecule has 0 N–H and O–H groups in total. The Balaban J connectivity index is 1.97. The van der Waals surface area contributed by atoms with Crippen molar-refractivity contribution in [2.75, 3.05) is 18.1 Å². The van der Waals surface area contributed by atoms with Crippen LogP contribution in [0.2, 0.25) is 0 Å². The van der Waals surface area contributed by atoms with Gasteiger partial charge in [-0.3, -0.25) is 4.90 Å². The van der Waals surface area contributed by atoms with Crippen molar-refractivity contribution in [2.24, 2.45) is 0 Å². The van der Waals surface area contributed by atoms with Gasteiger partial charge in [-0.15, -0.1) is 0 Å². The quantitative estimate of drug-likeness (QED) is 0.761. The third kappa shape index (κ3) is 1.88. The first-order chi connectivity index (χ1) is 8.79. The average Bonchev–Trinajstić information content (AvgIpc) is 2.82. The van der Waals surface area contributed by atoms with Crippen LogP contribution in [0.15, 0.2) is 12.1 Å². The second kappa shape index (κ2) is 4.63. The van der Waals surface area contributed by atoms with Crippen molar-refractivity contribution in [1.82, 2.24) is 0 Å². The molecule has 0 bridgehead atoms. The molecule has 96 valence electrons. The molecule has 0 saturated carbocycles. The van der Waals surface area contributed by atoms with E-state index in [1.54, 1.807) is 4.90 Å². The lowest BCUT2D eigenvalue weighted by molar-refractivity contribution is 0.159. The van der Waals surface area contributed by atoms with Crippen molar-refractivity contribution in [3.8, 4) is 0 Å². The first kappa shape index (κ1) is 11.6. The fourth-order valence-electron chi connectivity index (χ4n) is 3.05. The molecule has 0 spiro atoms. The SMILES string of the molecule is CCOC(=O)N1CCCc2cc3c(cc21)CCC3. The molecule has 3 heteroatoms. The Morgan fingerprint density at radius 2 is 1.89 bits per heavy atom. The van der Waals surface area contributed by atoms with Crippen LogP contribution in [-0.4, -0.2) is 19.2 Å². The van der Waals surface area contributed by atoms with Gasteiger partial charge in [0.25, 0.3) is 0 Å². The molecular weight excluding hydrogens is 226 g/mol. The molecule has 1 heterocycles. The largest absolute Gasteiger partial charge is 0.449 e. The highest BCUT2D eigenvalue weighted by Gasteiger charge is 2.25. The van der Waals surface area contributed by atoms with E-state index < -0.39 is 0 Å². The molecule has 0 fully saturated rings. The topological polar surface area (TPSA) is 29.5 Å². The number of benzene rings is 1. The van der Waals surface area contributed by atoms with Crippen molar-refractivity contribution < 1.29 is 9.53 Å². The zero-order valence-electron chi connectivity index (χ0n) is 10.9. The Morgan fingerprint density at radius 3 is 2.67 bits per heavy atom. The highest BCUT2D eigenvalue weighted by atomic mass is 16.6. The summed E-state index contributed by atoms with van der Waals surface area (Å²) < 4.78 is 5.14. The predicted octanol–water partition coefficient (Wildman–Crippen LogP) is 3.08. The zero-order chi connectivity index (χ0) is 12.5. The fraction of sp³-hybridized carbons (Fsp3) is 0.533. The Kier molecular flexibility index (Phi) is 2.98. The summed E-state index contributed by atoms with van der Waals surface area (Å²) in [4.78, 5) is 13.8. The van der Waals surface area contributed by atoms with Gasteiger partial charge in [-0.05, 0) is 61.8 Å². The molecule has 1 amide bonds. The average molecular weight is 245 g/mol. The number of nitrogens with zero attached hydrogens (tertiary/aromatic N) is 1. The summed E-state index contributed by atoms with van der Waals surface area (Å²) in [6.45, 7) is 3.08. The van der Waals surface area contributed by atoms with E-state index in [4.69, 9.17) is 4.74 Å². The van der Waals surface area contributed by atoms with Gasteiger partial charge in [0.15, 0.2) is 0 Å². The Bertz CT molecular complexity index is 482. The van der Waals surface area contributed by atoms with Crippen molar-refractivity contribution in [3.63, 3.8) is 0 Å². The summed E-state index contributed by atoms with van der Waals surface area (Å²) in [6.07, 6.45) is 5.51. The van der Waals surface area contributed by atoms with Crippen LogP contribution in [0, 0.1) is 0 Å². The molecule has 1 aliphatic carbocycles. The van der Waals surface area contributed by atoms with Gasteiger partial charge in [-0.25, -0.2) is 4.79 Å². The molecule has 3 rings (SSSR count). The summed E-state index contributed by atoms with van der Waals surface area (Å²) >= 11 is 0. The number of anilines is 1. The first-order valence-electron chi connectivity index (χ1n) is 6.88. The number of aryl methyl sites for hydroxylation is 3. The van der Waals surface area contributed by atoms with Crippen LogP contribution in [-0.2, 0) is 24.0 Å². The minimum Gasteiger partial charge on any atom is -0.449 e. The van der Waals surface area contributed by atoms with Crippen LogP contribution in [0.4, 0.5) is 10.5 Å². The summed E-state index contributed by atoms with van der Waals surface area (Å²) in [5.41, 5.74) is 5.31. The maximum Gasteiger partial charge on any atom is 0.414 e. The Morgan fingerprint density at radius 1 is 1.17 bits per heavy atom. The van der Waals surface area contributed by atoms with Gasteiger partial charge >= 0.3 is 6.09 Å². The molecule has 0 saturated heterocycles. The van der Waals surface area contributed by atoms with Crippen LogP contribution < -0.4 is 4.90 Å². The van der Waals surface area contributed by atoms with E-state index in [1.807, 2.05) is 6.92 Å². The van der Waals surface area contributed by atoms with Crippen molar-refractivity contribution in [2.45, 2.75) is 39.0 Å². The summed E-state index contributed by atoms with van der Waals surface area (Å²) in [7, 11) is 0. The molecule has 3 nitrogen and oxygen atoms in total. The smallest absolute Gasteiger partial charge is 0.414 e. The number of hydrogen-bond acceptors (Lipinski definition) is 2. The van der Waals surface area contributed by atoms with Gasteiger partial charge in [0, 0.05) is 6.54 Å². The van der Waals surface area contributed by atoms with Gasteiger partial charge in [0.2, 0.25) is 0 Å². The molecular formula is C15H19NO2. The zero-order valence-corrected chi connectivity index (χ0v) is 10.9. The predicted molar refractivity (Wildman–Crippen MR) is 71.2 cm³/mol. The minimum absolute atomic E-state index is 0.198. The van der Waals surface area contributed by atoms with E-state index in [2.05, 4.69) is 12.1 Å². The normalized spacial score (nSPS) is 17.3. The molecule has 0 atom stereocenters. The van der Waals surface area contributed by atoms with E-state index in [-0.39, 0.29) is 6.09 Å². The monoisotopic (exact) mass is 245 g/mol. The third-order valence-corrected chi connectivity index (χ3v) is 3.90. The van der Waals surface area contributed by atoms with Crippen molar-refractivity contribution in [1.29, 1.82) is 0 Å². The van der Waals surface area contributed by atoms with Crippen LogP contribution in [0.5, 0.6) is 0 Å². The summed E-state index contributed by atoms with van der Waals surface area (Å²) in [6, 6.07) is 4.52. The van der Waals surface area contributed by atoms with Gasteiger partial charge in [-0.1, -0.05) is 6.07 Å². The maximum absolute atomic E-state index is 12.0. The van der Waals surface area contributed by atoms with E-state index in [0.29, 0.717) is 6.61 Å². The number of carbonyl (C=O) groups is 1. The Labute approximate surface area is 108 Å². The molecule has 1 aromatic carbocycles. The van der Waals surface area contributed by atoms with Crippen molar-refractivity contribution in [3.05, 3.63) is 28.8 Å². The molecule has 0 radical (unpaired) electrons. The van der Waals surface area contributed by atoms with Gasteiger partial charge < -0.3 is 4.74 Å². The number of carbonyl (C=O) groups excluding carboxylic acids is 1. The third-order valence-electron chi connectivity index (χ3n) is 3.90. The number of fused-ring (bicyclic) bond motifs is 2. The van der Waals surface area contributed by atoms with Gasteiger partial charge in [0.1, 0.15) is 0 Å². The standard InChI is InChI=1S/C15H19NO2/c1-2-18-15(17)16-8-4-7-13-9-11-5-3-6-12(11)10-14(13)16/h9-10H,2-8H2,1H3. The molecule has 0 aromatic heterocycles. The highest BCUT2D eigenvalue weighted by molar-refractivity contribution is 5.89. The van der Waals surface area contributed by atoms with Crippen LogP contribution in [0.3, 0.4) is 0 Å². The number of amides is 1. The van der Waals surface area contributed by atoms with Crippen LogP contribution in [0.25, 0.3) is 0 Å². The molecule has 18 heavy (non-hydrogen) atoms. The molecule has 2 aliphatic rings. The Hall–Kier alpha value is -1.51. The molecule has 1 aromatic rings. The lowest BCUT2D eigenvalue weighted by Gasteiger charge is -2.29. The first-order valence-corrected chi connectivity index (χ1v) is 6.88. The lowest BCUT2D eigenvalue weighted by atomic mass is 9.97.